The van der Waals surface area contributed by atoms with Gasteiger partial charge in [-0.3, -0.25) is 14.4 Å². The van der Waals surface area contributed by atoms with E-state index in [-0.39, 0.29) is 31.1 Å². The third kappa shape index (κ3) is 44.2. The molecule has 58 heavy (non-hydrogen) atoms. The van der Waals surface area contributed by atoms with Gasteiger partial charge in [-0.1, -0.05) is 236 Å². The largest absolute Gasteiger partial charge is 0.462 e. The number of unbranched alkanes of at least 4 members (excludes halogenated alkanes) is 26. The van der Waals surface area contributed by atoms with Crippen LogP contribution >= 0.6 is 0 Å². The summed E-state index contributed by atoms with van der Waals surface area (Å²) in [7, 11) is 0. The summed E-state index contributed by atoms with van der Waals surface area (Å²) in [6.07, 6.45) is 56.2. The Hall–Kier alpha value is -2.89. The molecule has 0 bridgehead atoms. The molecule has 6 heteroatoms. The van der Waals surface area contributed by atoms with Crippen LogP contribution in [-0.2, 0) is 28.6 Å². The van der Waals surface area contributed by atoms with E-state index in [1.54, 1.807) is 0 Å². The van der Waals surface area contributed by atoms with Crippen molar-refractivity contribution in [3.05, 3.63) is 60.8 Å². The molecule has 1 unspecified atom stereocenters. The Morgan fingerprint density at radius 3 is 1.05 bits per heavy atom. The third-order valence-corrected chi connectivity index (χ3v) is 10.4. The van der Waals surface area contributed by atoms with Crippen LogP contribution in [0.2, 0.25) is 0 Å². The number of hydrogen-bond acceptors (Lipinski definition) is 6. The van der Waals surface area contributed by atoms with Crippen molar-refractivity contribution in [3.63, 3.8) is 0 Å². The van der Waals surface area contributed by atoms with Crippen molar-refractivity contribution < 1.29 is 28.6 Å². The smallest absolute Gasteiger partial charge is 0.306 e. The standard InChI is InChI=1S/C52H90O6/c1-4-7-10-13-16-19-22-25-26-28-30-33-36-39-42-45-51(54)57-48-49(47-56-50(53)44-41-38-35-32-29-24-21-18-15-12-9-6-3)58-52(55)46-43-40-37-34-31-27-23-20-17-14-11-8-5-2/h7,10,13,16,19,22,25-26,28,30,49H,4-6,8-9,11-12,14-15,17-18,20-21,23-24,27,29,31-48H2,1-3H3/b10-7-,16-13-,22-19-,26-25-,30-28-. The Morgan fingerprint density at radius 1 is 0.362 bits per heavy atom. The van der Waals surface area contributed by atoms with E-state index in [9.17, 15) is 14.4 Å². The highest BCUT2D eigenvalue weighted by Gasteiger charge is 2.19. The van der Waals surface area contributed by atoms with Gasteiger partial charge in [0.25, 0.3) is 0 Å². The Morgan fingerprint density at radius 2 is 0.672 bits per heavy atom. The first-order valence-corrected chi connectivity index (χ1v) is 24.4. The summed E-state index contributed by atoms with van der Waals surface area (Å²) in [5, 5.41) is 0. The average molecular weight is 811 g/mol. The number of rotatable bonds is 43. The molecule has 0 fully saturated rings. The van der Waals surface area contributed by atoms with Crippen molar-refractivity contribution in [1.29, 1.82) is 0 Å². The minimum absolute atomic E-state index is 0.0850. The number of esters is 3. The first-order chi connectivity index (χ1) is 28.5. The van der Waals surface area contributed by atoms with Gasteiger partial charge in [0.2, 0.25) is 0 Å². The van der Waals surface area contributed by atoms with E-state index in [1.807, 2.05) is 48.6 Å². The third-order valence-electron chi connectivity index (χ3n) is 10.4. The number of ether oxygens (including phenoxy) is 3. The fraction of sp³-hybridized carbons (Fsp3) is 0.750. The van der Waals surface area contributed by atoms with Crippen LogP contribution in [0.4, 0.5) is 0 Å². The van der Waals surface area contributed by atoms with Gasteiger partial charge in [-0.15, -0.1) is 0 Å². The molecule has 0 aromatic heterocycles. The van der Waals surface area contributed by atoms with Gasteiger partial charge in [-0.2, -0.15) is 0 Å². The van der Waals surface area contributed by atoms with Crippen molar-refractivity contribution in [2.45, 2.75) is 239 Å². The Balaban J connectivity index is 4.44. The normalized spacial score (nSPS) is 12.5. The van der Waals surface area contributed by atoms with E-state index in [4.69, 9.17) is 14.2 Å². The number of carbonyl (C=O) groups excluding carboxylic acids is 3. The minimum atomic E-state index is -0.786. The van der Waals surface area contributed by atoms with Crippen molar-refractivity contribution in [2.75, 3.05) is 13.2 Å². The van der Waals surface area contributed by atoms with Crippen LogP contribution in [0.3, 0.4) is 0 Å². The molecular formula is C52H90O6. The van der Waals surface area contributed by atoms with E-state index in [1.165, 1.54) is 122 Å². The van der Waals surface area contributed by atoms with Crippen molar-refractivity contribution in [3.8, 4) is 0 Å². The highest BCUT2D eigenvalue weighted by Crippen LogP contribution is 2.15. The summed E-state index contributed by atoms with van der Waals surface area (Å²) in [5.41, 5.74) is 0. The second-order valence-electron chi connectivity index (χ2n) is 16.1. The second kappa shape index (κ2) is 46.8. The van der Waals surface area contributed by atoms with Gasteiger partial charge in [-0.05, 0) is 38.5 Å². The van der Waals surface area contributed by atoms with Gasteiger partial charge in [-0.25, -0.2) is 0 Å². The van der Waals surface area contributed by atoms with E-state index in [0.717, 1.165) is 70.6 Å². The minimum Gasteiger partial charge on any atom is -0.462 e. The van der Waals surface area contributed by atoms with Gasteiger partial charge < -0.3 is 14.2 Å². The lowest BCUT2D eigenvalue weighted by atomic mass is 10.0. The summed E-state index contributed by atoms with van der Waals surface area (Å²) >= 11 is 0. The predicted octanol–water partition coefficient (Wildman–Crippen LogP) is 15.7. The zero-order valence-electron chi connectivity index (χ0n) is 38.0. The van der Waals surface area contributed by atoms with Crippen LogP contribution in [0.1, 0.15) is 233 Å². The summed E-state index contributed by atoms with van der Waals surface area (Å²) in [5.74, 6) is -0.925. The number of carbonyl (C=O) groups is 3. The van der Waals surface area contributed by atoms with Gasteiger partial charge in [0.15, 0.2) is 6.10 Å². The zero-order chi connectivity index (χ0) is 42.3. The molecule has 0 aliphatic carbocycles. The molecule has 0 rings (SSSR count). The van der Waals surface area contributed by atoms with E-state index < -0.39 is 6.10 Å². The molecule has 1 atom stereocenters. The Labute approximate surface area is 358 Å². The fourth-order valence-corrected chi connectivity index (χ4v) is 6.76. The molecule has 0 saturated heterocycles. The molecule has 0 heterocycles. The van der Waals surface area contributed by atoms with Crippen LogP contribution in [-0.4, -0.2) is 37.2 Å². The quantitative estimate of drug-likeness (QED) is 0.0264. The molecule has 0 spiro atoms. The number of allylic oxidation sites excluding steroid dienone is 10. The maximum atomic E-state index is 12.7. The molecule has 0 N–H and O–H groups in total. The fourth-order valence-electron chi connectivity index (χ4n) is 6.76. The SMILES string of the molecule is CC\C=C/C=C\C=C/C=C\C=C/CCCCCC(=O)OCC(COC(=O)CCCCCCCCCCCCCC)OC(=O)CCCCCCCCCCCCCCC. The maximum absolute atomic E-state index is 12.7. The molecule has 0 amide bonds. The maximum Gasteiger partial charge on any atom is 0.306 e. The highest BCUT2D eigenvalue weighted by molar-refractivity contribution is 5.71. The summed E-state index contributed by atoms with van der Waals surface area (Å²) in [6, 6.07) is 0. The van der Waals surface area contributed by atoms with E-state index in [2.05, 4.69) is 32.9 Å². The van der Waals surface area contributed by atoms with E-state index >= 15 is 0 Å². The average Bonchev–Trinajstić information content (AvgIpc) is 3.22. The van der Waals surface area contributed by atoms with Crippen molar-refractivity contribution >= 4 is 17.9 Å². The summed E-state index contributed by atoms with van der Waals surface area (Å²) in [4.78, 5) is 37.8. The zero-order valence-corrected chi connectivity index (χ0v) is 38.0. The molecule has 0 aromatic carbocycles. The van der Waals surface area contributed by atoms with E-state index in [0.29, 0.717) is 19.3 Å². The lowest BCUT2D eigenvalue weighted by Gasteiger charge is -2.18. The molecule has 334 valence electrons. The predicted molar refractivity (Wildman–Crippen MR) is 247 cm³/mol. The van der Waals surface area contributed by atoms with Crippen LogP contribution in [0.15, 0.2) is 60.8 Å². The van der Waals surface area contributed by atoms with Crippen LogP contribution in [0.25, 0.3) is 0 Å². The molecular weight excluding hydrogens is 721 g/mol. The summed E-state index contributed by atoms with van der Waals surface area (Å²) in [6.45, 7) is 6.46. The molecule has 0 saturated carbocycles. The molecule has 0 aliphatic heterocycles. The van der Waals surface area contributed by atoms with Crippen LogP contribution in [0, 0.1) is 0 Å². The number of hydrogen-bond donors (Lipinski definition) is 0. The molecule has 6 nitrogen and oxygen atoms in total. The topological polar surface area (TPSA) is 78.9 Å². The highest BCUT2D eigenvalue weighted by atomic mass is 16.6. The lowest BCUT2D eigenvalue weighted by molar-refractivity contribution is -0.167. The monoisotopic (exact) mass is 811 g/mol. The Kier molecular flexibility index (Phi) is 44.5. The van der Waals surface area contributed by atoms with Crippen LogP contribution in [0.5, 0.6) is 0 Å². The van der Waals surface area contributed by atoms with Gasteiger partial charge in [0.05, 0.1) is 0 Å². The van der Waals surface area contributed by atoms with Gasteiger partial charge in [0, 0.05) is 19.3 Å². The van der Waals surface area contributed by atoms with Crippen molar-refractivity contribution in [1.82, 2.24) is 0 Å². The molecule has 0 aliphatic rings. The summed E-state index contributed by atoms with van der Waals surface area (Å²) < 4.78 is 16.7. The molecule has 0 aromatic rings. The van der Waals surface area contributed by atoms with Crippen LogP contribution < -0.4 is 0 Å². The lowest BCUT2D eigenvalue weighted by Crippen LogP contribution is -2.30. The first kappa shape index (κ1) is 55.1. The van der Waals surface area contributed by atoms with Gasteiger partial charge >= 0.3 is 17.9 Å². The van der Waals surface area contributed by atoms with Crippen molar-refractivity contribution in [2.24, 2.45) is 0 Å². The second-order valence-corrected chi connectivity index (χ2v) is 16.1. The first-order valence-electron chi connectivity index (χ1n) is 24.4. The van der Waals surface area contributed by atoms with Gasteiger partial charge in [0.1, 0.15) is 13.2 Å². The molecule has 0 radical (unpaired) electrons. The Bertz CT molecular complexity index is 1070.